The van der Waals surface area contributed by atoms with Gasteiger partial charge in [0.2, 0.25) is 0 Å². The Morgan fingerprint density at radius 1 is 0.302 bits per heavy atom. The second-order valence-electron chi connectivity index (χ2n) is 25.4. The highest BCUT2D eigenvalue weighted by atomic mass is 79.9. The molecule has 16 rings (SSSR count). The first-order valence-electron chi connectivity index (χ1n) is 34.0. The third-order valence-electron chi connectivity index (χ3n) is 15.5. The van der Waals surface area contributed by atoms with E-state index in [2.05, 4.69) is 215 Å². The number of hydrogen-bond donors (Lipinski definition) is 0. The third kappa shape index (κ3) is 31.8. The zero-order valence-electron chi connectivity index (χ0n) is 55.6. The predicted molar refractivity (Wildman–Crippen MR) is 407 cm³/mol. The lowest BCUT2D eigenvalue weighted by molar-refractivity contribution is 1.18. The van der Waals surface area contributed by atoms with E-state index in [0.29, 0.717) is 53.0 Å². The molecule has 0 bridgehead atoms. The maximum Gasteiger partial charge on any atom is 0.187 e. The van der Waals surface area contributed by atoms with Gasteiger partial charge in [-0.15, -0.1) is 0 Å². The average molecular weight is 1350 g/mol. The summed E-state index contributed by atoms with van der Waals surface area (Å²) in [5, 5.41) is 1.53. The van der Waals surface area contributed by atoms with Crippen molar-refractivity contribution < 1.29 is 0 Å². The van der Waals surface area contributed by atoms with Crippen LogP contribution in [0.5, 0.6) is 0 Å². The molecule has 0 radical (unpaired) electrons. The van der Waals surface area contributed by atoms with E-state index in [1.807, 2.05) is 121 Å². The molecule has 0 N–H and O–H groups in total. The molecule has 8 aliphatic carbocycles. The molecular formula is C92H82BrCl2N. The molecule has 8 aromatic carbocycles. The molecule has 8 aliphatic rings. The van der Waals surface area contributed by atoms with E-state index < -0.39 is 0 Å². The zero-order valence-corrected chi connectivity index (χ0v) is 58.7. The van der Waals surface area contributed by atoms with Crippen molar-refractivity contribution in [2.45, 2.75) is 124 Å². The zero-order chi connectivity index (χ0) is 66.9. The van der Waals surface area contributed by atoms with Gasteiger partial charge in [0.05, 0.1) is 11.6 Å². The Balaban J connectivity index is 0.000000129. The van der Waals surface area contributed by atoms with Crippen LogP contribution in [0.3, 0.4) is 0 Å². The van der Waals surface area contributed by atoms with Crippen molar-refractivity contribution in [1.29, 1.82) is 0 Å². The van der Waals surface area contributed by atoms with Gasteiger partial charge in [-0.25, -0.2) is 4.85 Å². The molecule has 96 heavy (non-hydrogen) atoms. The summed E-state index contributed by atoms with van der Waals surface area (Å²) in [5.41, 5.74) is 13.3. The summed E-state index contributed by atoms with van der Waals surface area (Å²) in [6, 6.07) is 66.2. The largest absolute Gasteiger partial charge is 0.238 e. The highest BCUT2D eigenvalue weighted by Gasteiger charge is 2.21. The number of benzene rings is 8. The molecule has 0 saturated heterocycles. The van der Waals surface area contributed by atoms with E-state index >= 15 is 0 Å². The van der Waals surface area contributed by atoms with Crippen LogP contribution in [0.1, 0.15) is 164 Å². The van der Waals surface area contributed by atoms with Gasteiger partial charge in [-0.1, -0.05) is 242 Å². The molecular weight excluding hydrogens is 1270 g/mol. The summed E-state index contributed by atoms with van der Waals surface area (Å²) >= 11 is 15.1. The Kier molecular flexibility index (Phi) is 28.9. The summed E-state index contributed by atoms with van der Waals surface area (Å²) in [5.74, 6) is 56.4. The van der Waals surface area contributed by atoms with E-state index in [1.54, 1.807) is 0 Å². The van der Waals surface area contributed by atoms with Crippen molar-refractivity contribution in [2.75, 3.05) is 0 Å². The van der Waals surface area contributed by atoms with Gasteiger partial charge in [-0.05, 0) is 232 Å². The summed E-state index contributed by atoms with van der Waals surface area (Å²) in [6.07, 6.45) is 20.6. The van der Waals surface area contributed by atoms with Crippen LogP contribution in [-0.2, 0) is 0 Å². The fraction of sp³-hybridized carbons (Fsp3) is 0.293. The van der Waals surface area contributed by atoms with Crippen molar-refractivity contribution in [1.82, 2.24) is 0 Å². The topological polar surface area (TPSA) is 4.36 Å². The molecule has 1 nitrogen and oxygen atoms in total. The van der Waals surface area contributed by atoms with E-state index in [-0.39, 0.29) is 0 Å². The maximum atomic E-state index is 6.78. The van der Waals surface area contributed by atoms with Crippen LogP contribution in [0.2, 0.25) is 10.0 Å². The standard InChI is InChI=1S/C12H9N.3C12H12.C11H9Br.2C11H9Cl.C11H10/c1-13-12-8-6-11(7-9-12)5-4-10-2-3-10;2*1-10-2-4-11(5-3-10)6-7-12-8-9-12;1-10-4-2-3-5-12(10)9-8-11-6-7-11;2*12-11-7-5-10(6-8-11)4-3-9-1-2-9;12-11-4-2-1-3-10(11)8-7-9-5-6-9;1-2-4-10(5-3-1)6-7-11-8-9-11/h6-10H,2-3H2;2*2-5,12H,8-9H2,1H3;2-5,11H,6-7H2,1H3;2*5-9H,1-2H2;1-4,9H,5-6H2;1-5,11H,8-9H2. The first-order chi connectivity index (χ1) is 46.9. The van der Waals surface area contributed by atoms with E-state index in [4.69, 9.17) is 29.8 Å². The van der Waals surface area contributed by atoms with Gasteiger partial charge in [0, 0.05) is 101 Å². The van der Waals surface area contributed by atoms with Crippen molar-refractivity contribution in [3.63, 3.8) is 0 Å². The van der Waals surface area contributed by atoms with Crippen molar-refractivity contribution >= 4 is 44.8 Å². The highest BCUT2D eigenvalue weighted by molar-refractivity contribution is 9.10. The van der Waals surface area contributed by atoms with Crippen LogP contribution in [0.15, 0.2) is 205 Å². The van der Waals surface area contributed by atoms with Gasteiger partial charge in [0.1, 0.15) is 0 Å². The lowest BCUT2D eigenvalue weighted by Gasteiger charge is -1.94. The minimum atomic E-state index is 0.639. The van der Waals surface area contributed by atoms with Crippen molar-refractivity contribution in [2.24, 2.45) is 47.3 Å². The maximum absolute atomic E-state index is 6.78. The van der Waals surface area contributed by atoms with Crippen molar-refractivity contribution in [3.05, 3.63) is 287 Å². The second-order valence-corrected chi connectivity index (χ2v) is 27.2. The molecule has 4 heteroatoms. The molecule has 0 unspecified atom stereocenters. The molecule has 0 aromatic heterocycles. The molecule has 0 aliphatic heterocycles. The Labute approximate surface area is 593 Å². The van der Waals surface area contributed by atoms with E-state index in [0.717, 1.165) is 53.5 Å². The summed E-state index contributed by atoms with van der Waals surface area (Å²) in [7, 11) is 0. The van der Waals surface area contributed by atoms with Crippen LogP contribution in [0.4, 0.5) is 5.69 Å². The number of nitrogens with zero attached hydrogens (tertiary/aromatic N) is 1. The minimum Gasteiger partial charge on any atom is -0.238 e. The van der Waals surface area contributed by atoms with Gasteiger partial charge in [0.25, 0.3) is 0 Å². The van der Waals surface area contributed by atoms with Gasteiger partial charge in [-0.2, -0.15) is 0 Å². The van der Waals surface area contributed by atoms with Crippen molar-refractivity contribution in [3.8, 4) is 94.7 Å². The minimum absolute atomic E-state index is 0.639. The first-order valence-corrected chi connectivity index (χ1v) is 35.6. The SMILES string of the molecule is Brc1ccc(C#CC2CC2)cc1.C(#CC1CC1)c1ccccc1.Cc1ccc(C#CC2CC2)cc1.Cc1ccc(C#CC2CC2)cc1.Cc1ccccc1C#CC1CC1.Clc1ccc(C#CC2CC2)cc1.Clc1ccccc1C#CC1CC1.[C-]#[N+]c1ccc(C#CC2CC2)cc1. The molecule has 8 fully saturated rings. The molecule has 0 heterocycles. The molecule has 476 valence electrons. The second kappa shape index (κ2) is 39.0. The normalized spacial score (nSPS) is 15.0. The quantitative estimate of drug-likeness (QED) is 0.105. The Bertz CT molecular complexity index is 4010. The smallest absolute Gasteiger partial charge is 0.187 e. The predicted octanol–water partition coefficient (Wildman–Crippen LogP) is 23.1. The summed E-state index contributed by atoms with van der Waals surface area (Å²) in [4.78, 5) is 3.32. The lowest BCUT2D eigenvalue weighted by atomic mass is 10.1. The lowest BCUT2D eigenvalue weighted by Crippen LogP contribution is -1.79. The van der Waals surface area contributed by atoms with E-state index in [1.165, 1.54) is 125 Å². The number of rotatable bonds is 0. The Morgan fingerprint density at radius 3 is 0.906 bits per heavy atom. The highest BCUT2D eigenvalue weighted by Crippen LogP contribution is 2.32. The Hall–Kier alpha value is -9.21. The van der Waals surface area contributed by atoms with E-state index in [9.17, 15) is 0 Å². The molecule has 0 spiro atoms. The van der Waals surface area contributed by atoms with Gasteiger partial charge in [-0.3, -0.25) is 0 Å². The fourth-order valence-electron chi connectivity index (χ4n) is 8.05. The molecule has 8 aromatic rings. The van der Waals surface area contributed by atoms with Crippen LogP contribution in [0.25, 0.3) is 4.85 Å². The average Bonchev–Trinajstić information content (AvgIpc) is 3.39. The van der Waals surface area contributed by atoms with Gasteiger partial charge < -0.3 is 0 Å². The van der Waals surface area contributed by atoms with Gasteiger partial charge in [0.15, 0.2) is 5.69 Å². The van der Waals surface area contributed by atoms with Crippen LogP contribution < -0.4 is 0 Å². The van der Waals surface area contributed by atoms with Gasteiger partial charge >= 0.3 is 0 Å². The number of hydrogen-bond acceptors (Lipinski definition) is 0. The third-order valence-corrected chi connectivity index (χ3v) is 16.7. The monoisotopic (exact) mass is 1350 g/mol. The van der Waals surface area contributed by atoms with Crippen LogP contribution >= 0.6 is 39.1 Å². The number of halogens is 3. The number of aryl methyl sites for hydroxylation is 3. The molecule has 8 saturated carbocycles. The summed E-state index contributed by atoms with van der Waals surface area (Å²) in [6.45, 7) is 13.1. The first kappa shape index (κ1) is 71.1. The Morgan fingerprint density at radius 2 is 0.573 bits per heavy atom. The fourth-order valence-corrected chi connectivity index (χ4v) is 8.62. The summed E-state index contributed by atoms with van der Waals surface area (Å²) < 4.78 is 1.11. The molecule has 0 amide bonds. The van der Waals surface area contributed by atoms with Crippen LogP contribution in [-0.4, -0.2) is 0 Å². The molecule has 0 atom stereocenters. The van der Waals surface area contributed by atoms with Crippen LogP contribution in [0, 0.1) is 169 Å².